The summed E-state index contributed by atoms with van der Waals surface area (Å²) in [6.07, 6.45) is 0. The summed E-state index contributed by atoms with van der Waals surface area (Å²) < 4.78 is 34.1. The first-order valence-electron chi connectivity index (χ1n) is 3.96. The lowest BCUT2D eigenvalue weighted by molar-refractivity contribution is 0.0550. The van der Waals surface area contributed by atoms with E-state index in [9.17, 15) is 8.78 Å². The molecule has 0 aliphatic heterocycles. The van der Waals surface area contributed by atoms with Crippen molar-refractivity contribution in [1.82, 2.24) is 10.1 Å². The summed E-state index contributed by atoms with van der Waals surface area (Å²) in [5, 5.41) is -0.369. The van der Waals surface area contributed by atoms with Crippen LogP contribution in [-0.2, 0) is 15.7 Å². The van der Waals surface area contributed by atoms with E-state index in [-0.39, 0.29) is 12.4 Å². The predicted molar refractivity (Wildman–Crippen MR) is 47.5 cm³/mol. The highest BCUT2D eigenvalue weighted by Gasteiger charge is 2.38. The molecular formula is C7H10ClF2N3O2. The highest BCUT2D eigenvalue weighted by Crippen LogP contribution is 2.31. The number of halogens is 3. The third-order valence-corrected chi connectivity index (χ3v) is 1.79. The van der Waals surface area contributed by atoms with Crippen molar-refractivity contribution >= 4 is 11.6 Å². The van der Waals surface area contributed by atoms with Gasteiger partial charge < -0.3 is 15.0 Å². The second kappa shape index (κ2) is 3.99. The molecule has 1 unspecified atom stereocenters. The maximum Gasteiger partial charge on any atom is 0.400 e. The van der Waals surface area contributed by atoms with Crippen LogP contribution < -0.4 is 5.73 Å². The highest BCUT2D eigenvalue weighted by atomic mass is 35.5. The number of ether oxygens (including phenoxy) is 1. The molecule has 86 valence electrons. The van der Waals surface area contributed by atoms with E-state index in [1.807, 2.05) is 0 Å². The third kappa shape index (κ3) is 2.83. The van der Waals surface area contributed by atoms with Crippen LogP contribution in [0.3, 0.4) is 0 Å². The first-order valence-corrected chi connectivity index (χ1v) is 4.34. The van der Waals surface area contributed by atoms with Gasteiger partial charge in [-0.3, -0.25) is 0 Å². The maximum atomic E-state index is 12.5. The van der Waals surface area contributed by atoms with Gasteiger partial charge in [0.1, 0.15) is 5.54 Å². The lowest BCUT2D eigenvalue weighted by Crippen LogP contribution is -2.39. The van der Waals surface area contributed by atoms with Crippen LogP contribution in [0, 0.1) is 0 Å². The molecule has 0 aliphatic rings. The fourth-order valence-electron chi connectivity index (χ4n) is 0.935. The van der Waals surface area contributed by atoms with Gasteiger partial charge in [-0.2, -0.15) is 13.8 Å². The van der Waals surface area contributed by atoms with Crippen LogP contribution in [0.5, 0.6) is 0 Å². The normalized spacial score (nSPS) is 16.4. The van der Waals surface area contributed by atoms with Crippen molar-refractivity contribution in [3.8, 4) is 0 Å². The number of nitrogens with zero attached hydrogens (tertiary/aromatic N) is 2. The quantitative estimate of drug-likeness (QED) is 0.801. The van der Waals surface area contributed by atoms with Crippen LogP contribution in [-0.4, -0.2) is 23.9 Å². The van der Waals surface area contributed by atoms with Crippen molar-refractivity contribution in [3.05, 3.63) is 11.7 Å². The number of nitrogens with two attached hydrogens (primary N) is 1. The fraction of sp³-hybridized carbons (Fsp3) is 0.714. The number of methoxy groups -OCH3 is 1. The van der Waals surface area contributed by atoms with Crippen molar-refractivity contribution in [2.75, 3.05) is 13.7 Å². The number of rotatable bonds is 4. The Morgan fingerprint density at radius 1 is 1.60 bits per heavy atom. The zero-order valence-corrected chi connectivity index (χ0v) is 8.89. The van der Waals surface area contributed by atoms with E-state index in [0.29, 0.717) is 0 Å². The van der Waals surface area contributed by atoms with Crippen molar-refractivity contribution in [3.63, 3.8) is 0 Å². The maximum absolute atomic E-state index is 12.5. The molecule has 5 nitrogen and oxygen atoms in total. The minimum Gasteiger partial charge on any atom is -0.382 e. The average Bonchev–Trinajstić information content (AvgIpc) is 2.50. The molecule has 15 heavy (non-hydrogen) atoms. The summed E-state index contributed by atoms with van der Waals surface area (Å²) >= 11 is 4.70. The summed E-state index contributed by atoms with van der Waals surface area (Å²) in [4.78, 5) is 3.41. The Morgan fingerprint density at radius 3 is 2.60 bits per heavy atom. The summed E-state index contributed by atoms with van der Waals surface area (Å²) in [6, 6.07) is 0. The van der Waals surface area contributed by atoms with Gasteiger partial charge in [-0.25, -0.2) is 0 Å². The van der Waals surface area contributed by atoms with Crippen molar-refractivity contribution in [1.29, 1.82) is 0 Å². The molecule has 0 spiro atoms. The molecule has 0 fully saturated rings. The van der Waals surface area contributed by atoms with E-state index in [4.69, 9.17) is 22.1 Å². The van der Waals surface area contributed by atoms with Gasteiger partial charge in [0.15, 0.2) is 5.82 Å². The molecule has 1 heterocycles. The number of hydrogen-bond acceptors (Lipinski definition) is 5. The average molecular weight is 242 g/mol. The van der Waals surface area contributed by atoms with Gasteiger partial charge in [-0.05, 0) is 18.5 Å². The molecule has 1 rings (SSSR count). The molecular weight excluding hydrogens is 232 g/mol. The Labute approximate surface area is 89.5 Å². The van der Waals surface area contributed by atoms with E-state index in [1.54, 1.807) is 0 Å². The molecule has 0 aromatic carbocycles. The minimum atomic E-state index is -3.69. The Balaban J connectivity index is 2.94. The molecule has 2 N–H and O–H groups in total. The fourth-order valence-corrected chi connectivity index (χ4v) is 1.01. The van der Waals surface area contributed by atoms with Gasteiger partial charge in [-0.1, -0.05) is 5.16 Å². The van der Waals surface area contributed by atoms with Gasteiger partial charge in [-0.15, -0.1) is 0 Å². The predicted octanol–water partition coefficient (Wildman–Crippen LogP) is 1.18. The molecule has 0 radical (unpaired) electrons. The molecule has 1 aromatic heterocycles. The second-order valence-electron chi connectivity index (χ2n) is 3.27. The Morgan fingerprint density at radius 2 is 2.20 bits per heavy atom. The van der Waals surface area contributed by atoms with E-state index in [2.05, 4.69) is 14.7 Å². The summed E-state index contributed by atoms with van der Waals surface area (Å²) in [5.41, 5.74) is 4.61. The molecule has 0 aliphatic carbocycles. The number of aromatic nitrogens is 2. The van der Waals surface area contributed by atoms with E-state index in [1.165, 1.54) is 14.0 Å². The van der Waals surface area contributed by atoms with Crippen molar-refractivity contribution in [2.45, 2.75) is 17.8 Å². The highest BCUT2D eigenvalue weighted by molar-refractivity contribution is 6.21. The molecule has 0 amide bonds. The van der Waals surface area contributed by atoms with Gasteiger partial charge in [0.05, 0.1) is 6.61 Å². The summed E-state index contributed by atoms with van der Waals surface area (Å²) in [7, 11) is 1.42. The Hall–Kier alpha value is -0.790. The van der Waals surface area contributed by atoms with Crippen LogP contribution in [0.1, 0.15) is 18.6 Å². The third-order valence-electron chi connectivity index (χ3n) is 1.62. The van der Waals surface area contributed by atoms with Gasteiger partial charge >= 0.3 is 11.3 Å². The molecule has 0 saturated heterocycles. The van der Waals surface area contributed by atoms with Crippen molar-refractivity contribution < 1.29 is 18.0 Å². The van der Waals surface area contributed by atoms with E-state index < -0.39 is 16.8 Å². The topological polar surface area (TPSA) is 74.2 Å². The SMILES string of the molecule is COCC(C)(N)c1noc(C(F)(F)Cl)n1. The smallest absolute Gasteiger partial charge is 0.382 e. The Kier molecular flexibility index (Phi) is 3.27. The number of alkyl halides is 3. The molecule has 1 atom stereocenters. The van der Waals surface area contributed by atoms with Gasteiger partial charge in [0, 0.05) is 7.11 Å². The minimum absolute atomic E-state index is 0.0693. The second-order valence-corrected chi connectivity index (χ2v) is 3.75. The lowest BCUT2D eigenvalue weighted by atomic mass is 10.1. The van der Waals surface area contributed by atoms with Crippen LogP contribution in [0.15, 0.2) is 4.52 Å². The lowest BCUT2D eigenvalue weighted by Gasteiger charge is -2.18. The van der Waals surface area contributed by atoms with E-state index in [0.717, 1.165) is 0 Å². The summed E-state index contributed by atoms with van der Waals surface area (Å²) in [5.74, 6) is -1.06. The van der Waals surface area contributed by atoms with Crippen LogP contribution in [0.2, 0.25) is 0 Å². The van der Waals surface area contributed by atoms with Crippen LogP contribution in [0.25, 0.3) is 0 Å². The molecule has 8 heteroatoms. The van der Waals surface area contributed by atoms with E-state index >= 15 is 0 Å². The van der Waals surface area contributed by atoms with Crippen LogP contribution in [0.4, 0.5) is 8.78 Å². The van der Waals surface area contributed by atoms with Gasteiger partial charge in [0.2, 0.25) is 0 Å². The van der Waals surface area contributed by atoms with Crippen LogP contribution >= 0.6 is 11.6 Å². The molecule has 0 saturated carbocycles. The van der Waals surface area contributed by atoms with Gasteiger partial charge in [0.25, 0.3) is 0 Å². The molecule has 1 aromatic rings. The largest absolute Gasteiger partial charge is 0.400 e. The zero-order valence-electron chi connectivity index (χ0n) is 8.13. The monoisotopic (exact) mass is 241 g/mol. The standard InChI is InChI=1S/C7H10ClF2N3O2/c1-6(11,3-14-2)4-12-5(15-13-4)7(8,9)10/h3,11H2,1-2H3. The zero-order chi connectivity index (χ0) is 11.7. The first-order chi connectivity index (χ1) is 6.77. The first kappa shape index (κ1) is 12.3. The number of hydrogen-bond donors (Lipinski definition) is 1. The Bertz CT molecular complexity index is 337. The molecule has 0 bridgehead atoms. The van der Waals surface area contributed by atoms with Crippen molar-refractivity contribution in [2.24, 2.45) is 5.73 Å². The summed E-state index contributed by atoms with van der Waals surface area (Å²) in [6.45, 7) is 1.59.